The van der Waals surface area contributed by atoms with E-state index in [1.807, 2.05) is 6.08 Å². The van der Waals surface area contributed by atoms with Gasteiger partial charge in [0.2, 0.25) is 5.91 Å². The van der Waals surface area contributed by atoms with Crippen LogP contribution in [0.2, 0.25) is 0 Å². The molecule has 3 N–H and O–H groups in total. The number of aliphatic hydroxyl groups excluding tert-OH is 2. The number of carbonyl (C=O) groups excluding carboxylic acids is 2. The smallest absolute Gasteiger partial charge is 0.305 e. The molecule has 88 heavy (non-hydrogen) atoms. The quantitative estimate of drug-likeness (QED) is 0.0320. The number of aliphatic hydroxyl groups is 2. The van der Waals surface area contributed by atoms with Crippen molar-refractivity contribution in [2.45, 2.75) is 463 Å². The summed E-state index contributed by atoms with van der Waals surface area (Å²) in [6, 6.07) is -0.627. The van der Waals surface area contributed by atoms with E-state index in [2.05, 4.69) is 43.5 Å². The van der Waals surface area contributed by atoms with E-state index in [1.54, 1.807) is 6.08 Å². The number of nitrogens with one attached hydrogen (secondary N) is 1. The van der Waals surface area contributed by atoms with E-state index in [-0.39, 0.29) is 18.5 Å². The van der Waals surface area contributed by atoms with Gasteiger partial charge >= 0.3 is 5.97 Å². The standard InChI is InChI=1S/C82H157NO5/c1-3-5-7-9-11-13-15-17-19-20-21-22-34-37-40-43-47-50-54-58-62-66-70-74-80(85)79(78-84)83-81(86)75-71-67-63-59-55-51-48-44-41-38-35-32-30-28-26-24-23-25-27-29-31-33-36-39-42-45-49-53-57-61-65-69-73-77-88-82(87)76-72-68-64-60-56-52-46-18-16-14-12-10-8-6-4-2/h18,27,29,46,70,74,79-80,84-85H,3-17,19-26,28,30-45,47-69,71-73,75-78H2,1-2H3,(H,83,86)/b29-27-,46-18-,74-70+. The molecule has 0 heterocycles. The van der Waals surface area contributed by atoms with E-state index in [0.29, 0.717) is 19.4 Å². The zero-order valence-corrected chi connectivity index (χ0v) is 59.7. The van der Waals surface area contributed by atoms with E-state index in [4.69, 9.17) is 4.74 Å². The van der Waals surface area contributed by atoms with Gasteiger partial charge in [-0.05, 0) is 83.5 Å². The van der Waals surface area contributed by atoms with Crippen LogP contribution in [0.15, 0.2) is 36.5 Å². The van der Waals surface area contributed by atoms with Crippen LogP contribution in [0, 0.1) is 0 Å². The van der Waals surface area contributed by atoms with Gasteiger partial charge in [-0.3, -0.25) is 9.59 Å². The maximum Gasteiger partial charge on any atom is 0.305 e. The molecule has 0 fully saturated rings. The Kier molecular flexibility index (Phi) is 75.8. The Morgan fingerprint density at radius 2 is 0.534 bits per heavy atom. The van der Waals surface area contributed by atoms with E-state index < -0.39 is 12.1 Å². The molecule has 2 unspecified atom stereocenters. The molecule has 0 aromatic heterocycles. The molecule has 6 nitrogen and oxygen atoms in total. The third-order valence-electron chi connectivity index (χ3n) is 18.9. The summed E-state index contributed by atoms with van der Waals surface area (Å²) >= 11 is 0. The molecule has 0 aliphatic rings. The van der Waals surface area contributed by atoms with Crippen molar-refractivity contribution in [2.24, 2.45) is 0 Å². The molecular weight excluding hydrogens is 1080 g/mol. The molecule has 520 valence electrons. The zero-order chi connectivity index (χ0) is 63.5. The summed E-state index contributed by atoms with van der Waals surface area (Å²) in [5.74, 6) is -0.0488. The Hall–Kier alpha value is -1.92. The van der Waals surface area contributed by atoms with Gasteiger partial charge in [0.25, 0.3) is 0 Å². The van der Waals surface area contributed by atoms with Crippen LogP contribution in [0.4, 0.5) is 0 Å². The maximum absolute atomic E-state index is 12.6. The number of carbonyl (C=O) groups is 2. The van der Waals surface area contributed by atoms with Gasteiger partial charge in [-0.1, -0.05) is 391 Å². The fourth-order valence-electron chi connectivity index (χ4n) is 12.7. The lowest BCUT2D eigenvalue weighted by atomic mass is 10.0. The predicted molar refractivity (Wildman–Crippen MR) is 389 cm³/mol. The van der Waals surface area contributed by atoms with Crippen molar-refractivity contribution < 1.29 is 24.5 Å². The van der Waals surface area contributed by atoms with Gasteiger partial charge in [0.05, 0.1) is 25.4 Å². The highest BCUT2D eigenvalue weighted by atomic mass is 16.5. The molecule has 0 rings (SSSR count). The van der Waals surface area contributed by atoms with Gasteiger partial charge in [0, 0.05) is 12.8 Å². The van der Waals surface area contributed by atoms with Gasteiger partial charge in [0.15, 0.2) is 0 Å². The number of rotatable bonds is 76. The Labute approximate surface area is 551 Å². The van der Waals surface area contributed by atoms with Crippen LogP contribution < -0.4 is 5.32 Å². The Bertz CT molecular complexity index is 1430. The number of unbranched alkanes of at least 4 members (excludes halogenated alkanes) is 61. The van der Waals surface area contributed by atoms with Crippen molar-refractivity contribution in [3.05, 3.63) is 36.5 Å². The summed E-state index contributed by atoms with van der Waals surface area (Å²) in [5, 5.41) is 23.3. The largest absolute Gasteiger partial charge is 0.466 e. The van der Waals surface area contributed by atoms with Gasteiger partial charge < -0.3 is 20.3 Å². The molecular formula is C82H157NO5. The minimum Gasteiger partial charge on any atom is -0.466 e. The minimum absolute atomic E-state index is 0.0113. The Morgan fingerprint density at radius 3 is 0.807 bits per heavy atom. The number of amides is 1. The van der Waals surface area contributed by atoms with Crippen LogP contribution in [0.25, 0.3) is 0 Å². The van der Waals surface area contributed by atoms with Gasteiger partial charge in [-0.15, -0.1) is 0 Å². The first-order valence-corrected chi connectivity index (χ1v) is 40.3. The van der Waals surface area contributed by atoms with Crippen molar-refractivity contribution in [3.8, 4) is 0 Å². The lowest BCUT2D eigenvalue weighted by molar-refractivity contribution is -0.143. The highest BCUT2D eigenvalue weighted by molar-refractivity contribution is 5.76. The molecule has 0 bridgehead atoms. The van der Waals surface area contributed by atoms with Crippen molar-refractivity contribution >= 4 is 11.9 Å². The summed E-state index contributed by atoms with van der Waals surface area (Å²) < 4.78 is 5.50. The number of hydrogen-bond acceptors (Lipinski definition) is 5. The van der Waals surface area contributed by atoms with Gasteiger partial charge in [-0.2, -0.15) is 0 Å². The topological polar surface area (TPSA) is 95.9 Å². The second kappa shape index (κ2) is 77.5. The van der Waals surface area contributed by atoms with E-state index in [1.165, 1.54) is 379 Å². The molecule has 0 radical (unpaired) electrons. The monoisotopic (exact) mass is 1240 g/mol. The molecule has 0 aromatic carbocycles. The average Bonchev–Trinajstić information content (AvgIpc) is 3.58. The second-order valence-corrected chi connectivity index (χ2v) is 27.7. The van der Waals surface area contributed by atoms with Crippen LogP contribution in [-0.4, -0.2) is 47.4 Å². The number of allylic oxidation sites excluding steroid dienone is 5. The number of hydrogen-bond donors (Lipinski definition) is 3. The van der Waals surface area contributed by atoms with Crippen LogP contribution in [0.5, 0.6) is 0 Å². The summed E-state index contributed by atoms with van der Waals surface area (Å²) in [5.41, 5.74) is 0. The first-order valence-electron chi connectivity index (χ1n) is 40.3. The SMILES string of the molecule is CCCCCCCC/C=C\CCCCCCCC(=O)OCCCCCCCCCCCCCC/C=C\CCCCCCCCCCCCCCCCCCCC(=O)NC(CO)C(O)/C=C/CCCCCCCCCCCCCCCCCCCCCCC. The van der Waals surface area contributed by atoms with Crippen LogP contribution in [-0.2, 0) is 14.3 Å². The fraction of sp³-hybridized carbons (Fsp3) is 0.902. The molecule has 0 aromatic rings. The summed E-state index contributed by atoms with van der Waals surface area (Å²) in [6.45, 7) is 4.94. The molecule has 2 atom stereocenters. The molecule has 0 aliphatic heterocycles. The second-order valence-electron chi connectivity index (χ2n) is 27.7. The molecule has 0 saturated heterocycles. The third kappa shape index (κ3) is 73.1. The van der Waals surface area contributed by atoms with E-state index >= 15 is 0 Å². The van der Waals surface area contributed by atoms with Gasteiger partial charge in [0.1, 0.15) is 0 Å². The molecule has 0 spiro atoms. The average molecular weight is 1240 g/mol. The van der Waals surface area contributed by atoms with Crippen LogP contribution >= 0.6 is 0 Å². The molecule has 6 heteroatoms. The normalized spacial score (nSPS) is 12.6. The third-order valence-corrected chi connectivity index (χ3v) is 18.9. The lowest BCUT2D eigenvalue weighted by Crippen LogP contribution is -2.45. The number of ether oxygens (including phenoxy) is 1. The Balaban J connectivity index is 3.38. The Morgan fingerprint density at radius 1 is 0.307 bits per heavy atom. The van der Waals surface area contributed by atoms with Crippen LogP contribution in [0.1, 0.15) is 450 Å². The van der Waals surface area contributed by atoms with Crippen molar-refractivity contribution in [3.63, 3.8) is 0 Å². The first kappa shape index (κ1) is 86.1. The number of esters is 1. The van der Waals surface area contributed by atoms with Gasteiger partial charge in [-0.25, -0.2) is 0 Å². The summed E-state index contributed by atoms with van der Waals surface area (Å²) in [6.07, 6.45) is 101. The summed E-state index contributed by atoms with van der Waals surface area (Å²) in [7, 11) is 0. The first-order chi connectivity index (χ1) is 43.5. The lowest BCUT2D eigenvalue weighted by Gasteiger charge is -2.20. The van der Waals surface area contributed by atoms with E-state index in [0.717, 1.165) is 44.9 Å². The highest BCUT2D eigenvalue weighted by Gasteiger charge is 2.18. The summed E-state index contributed by atoms with van der Waals surface area (Å²) in [4.78, 5) is 24.6. The van der Waals surface area contributed by atoms with Crippen molar-refractivity contribution in [1.29, 1.82) is 0 Å². The molecule has 1 amide bonds. The highest BCUT2D eigenvalue weighted by Crippen LogP contribution is 2.20. The van der Waals surface area contributed by atoms with E-state index in [9.17, 15) is 19.8 Å². The molecule has 0 saturated carbocycles. The molecule has 0 aliphatic carbocycles. The van der Waals surface area contributed by atoms with Crippen LogP contribution in [0.3, 0.4) is 0 Å². The predicted octanol–water partition coefficient (Wildman–Crippen LogP) is 26.6. The zero-order valence-electron chi connectivity index (χ0n) is 59.7. The van der Waals surface area contributed by atoms with Crippen molar-refractivity contribution in [2.75, 3.05) is 13.2 Å². The maximum atomic E-state index is 12.6. The fourth-order valence-corrected chi connectivity index (χ4v) is 12.7. The van der Waals surface area contributed by atoms with Crippen molar-refractivity contribution in [1.82, 2.24) is 5.32 Å². The minimum atomic E-state index is -0.844.